The molecule has 1 aliphatic rings. The van der Waals surface area contributed by atoms with Crippen LogP contribution in [-0.4, -0.2) is 29.1 Å². The monoisotopic (exact) mass is 264 g/mol. The highest BCUT2D eigenvalue weighted by atomic mass is 16.6. The molecule has 0 saturated heterocycles. The minimum absolute atomic E-state index is 0.169. The first-order valence-corrected chi connectivity index (χ1v) is 6.17. The molecule has 0 amide bonds. The van der Waals surface area contributed by atoms with E-state index in [9.17, 15) is 14.9 Å². The van der Waals surface area contributed by atoms with Crippen molar-refractivity contribution in [3.8, 4) is 0 Å². The number of aromatic carboxylic acids is 1. The smallest absolute Gasteiger partial charge is 0.342 e. The predicted molar refractivity (Wildman–Crippen MR) is 70.6 cm³/mol. The van der Waals surface area contributed by atoms with Gasteiger partial charge in [-0.2, -0.15) is 0 Å². The molecule has 1 aliphatic carbocycles. The summed E-state index contributed by atoms with van der Waals surface area (Å²) < 4.78 is 0. The maximum absolute atomic E-state index is 11.2. The van der Waals surface area contributed by atoms with Gasteiger partial charge < -0.3 is 10.0 Å². The van der Waals surface area contributed by atoms with Crippen molar-refractivity contribution in [3.05, 3.63) is 33.9 Å². The van der Waals surface area contributed by atoms with Gasteiger partial charge >= 0.3 is 11.7 Å². The second kappa shape index (κ2) is 4.87. The average Bonchev–Trinajstić information content (AvgIpc) is 3.20. The van der Waals surface area contributed by atoms with Crippen molar-refractivity contribution >= 4 is 17.3 Å². The van der Waals surface area contributed by atoms with Crippen molar-refractivity contribution in [2.75, 3.05) is 11.9 Å². The van der Waals surface area contributed by atoms with Crippen LogP contribution in [0.4, 0.5) is 11.4 Å². The highest BCUT2D eigenvalue weighted by Crippen LogP contribution is 2.39. The number of carbonyl (C=O) groups is 1. The lowest BCUT2D eigenvalue weighted by Gasteiger charge is -2.26. The first-order valence-electron chi connectivity index (χ1n) is 6.17. The van der Waals surface area contributed by atoms with Gasteiger partial charge in [-0.1, -0.05) is 6.07 Å². The van der Waals surface area contributed by atoms with E-state index < -0.39 is 10.9 Å². The molecule has 19 heavy (non-hydrogen) atoms. The van der Waals surface area contributed by atoms with E-state index in [1.54, 1.807) is 19.2 Å². The van der Waals surface area contributed by atoms with Crippen molar-refractivity contribution in [2.45, 2.75) is 25.8 Å². The molecular weight excluding hydrogens is 248 g/mol. The van der Waals surface area contributed by atoms with Crippen molar-refractivity contribution in [3.63, 3.8) is 0 Å². The van der Waals surface area contributed by atoms with E-state index in [1.807, 2.05) is 11.8 Å². The first-order chi connectivity index (χ1) is 8.93. The number of hydrogen-bond donors (Lipinski definition) is 1. The standard InChI is InChI=1S/C13H16N2O4/c1-8(9-6-7-9)14(2)11-5-3-4-10(13(16)17)12(11)15(18)19/h3-5,8-9H,6-7H2,1-2H3,(H,16,17). The molecule has 1 aromatic carbocycles. The Morgan fingerprint density at radius 1 is 1.53 bits per heavy atom. The summed E-state index contributed by atoms with van der Waals surface area (Å²) in [4.78, 5) is 23.5. The summed E-state index contributed by atoms with van der Waals surface area (Å²) in [5.41, 5.74) is -0.230. The number of nitro benzene ring substituents is 1. The number of anilines is 1. The Labute approximate surface area is 110 Å². The molecule has 6 heteroatoms. The molecule has 0 heterocycles. The second-order valence-corrected chi connectivity index (χ2v) is 4.92. The molecule has 1 unspecified atom stereocenters. The van der Waals surface area contributed by atoms with Crippen LogP contribution in [0.1, 0.15) is 30.1 Å². The Bertz CT molecular complexity index is 525. The molecule has 0 aliphatic heterocycles. The third-order valence-corrected chi connectivity index (χ3v) is 3.72. The van der Waals surface area contributed by atoms with Crippen LogP contribution >= 0.6 is 0 Å². The number of benzene rings is 1. The SMILES string of the molecule is CC(C1CC1)N(C)c1cccc(C(=O)O)c1[N+](=O)[O-]. The minimum atomic E-state index is -1.28. The Morgan fingerprint density at radius 2 is 2.16 bits per heavy atom. The maximum Gasteiger partial charge on any atom is 0.342 e. The number of carboxylic acid groups (broad SMARTS) is 1. The van der Waals surface area contributed by atoms with Gasteiger partial charge in [0.15, 0.2) is 0 Å². The van der Waals surface area contributed by atoms with E-state index in [0.717, 1.165) is 12.8 Å². The molecule has 1 atom stereocenters. The Hall–Kier alpha value is -2.11. The van der Waals surface area contributed by atoms with Gasteiger partial charge in [0.1, 0.15) is 11.3 Å². The summed E-state index contributed by atoms with van der Waals surface area (Å²) >= 11 is 0. The summed E-state index contributed by atoms with van der Waals surface area (Å²) in [7, 11) is 1.77. The molecule has 0 bridgehead atoms. The van der Waals surface area contributed by atoms with E-state index in [4.69, 9.17) is 5.11 Å². The number of para-hydroxylation sites is 1. The van der Waals surface area contributed by atoms with Crippen LogP contribution in [0.2, 0.25) is 0 Å². The Balaban J connectivity index is 2.46. The van der Waals surface area contributed by atoms with Crippen molar-refractivity contribution < 1.29 is 14.8 Å². The summed E-state index contributed by atoms with van der Waals surface area (Å²) in [5.74, 6) is -0.737. The molecule has 1 N–H and O–H groups in total. The lowest BCUT2D eigenvalue weighted by Crippen LogP contribution is -2.31. The molecule has 1 saturated carbocycles. The molecule has 0 radical (unpaired) electrons. The van der Waals surface area contributed by atoms with E-state index in [1.165, 1.54) is 6.07 Å². The summed E-state index contributed by atoms with van der Waals surface area (Å²) in [5, 5.41) is 20.2. The Morgan fingerprint density at radius 3 is 2.63 bits per heavy atom. The number of hydrogen-bond acceptors (Lipinski definition) is 4. The maximum atomic E-state index is 11.2. The molecule has 6 nitrogen and oxygen atoms in total. The van der Waals surface area contributed by atoms with Gasteiger partial charge in [-0.3, -0.25) is 10.1 Å². The predicted octanol–water partition coefficient (Wildman–Crippen LogP) is 2.53. The van der Waals surface area contributed by atoms with Crippen molar-refractivity contribution in [1.29, 1.82) is 0 Å². The fourth-order valence-electron chi connectivity index (χ4n) is 2.29. The lowest BCUT2D eigenvalue weighted by molar-refractivity contribution is -0.384. The van der Waals surface area contributed by atoms with Gasteiger partial charge in [-0.25, -0.2) is 4.79 Å². The van der Waals surface area contributed by atoms with Gasteiger partial charge in [0, 0.05) is 13.1 Å². The fourth-order valence-corrected chi connectivity index (χ4v) is 2.29. The van der Waals surface area contributed by atoms with Gasteiger partial charge in [-0.05, 0) is 37.8 Å². The zero-order valence-electron chi connectivity index (χ0n) is 10.9. The summed E-state index contributed by atoms with van der Waals surface area (Å²) in [6.07, 6.45) is 2.25. The lowest BCUT2D eigenvalue weighted by atomic mass is 10.1. The summed E-state index contributed by atoms with van der Waals surface area (Å²) in [6, 6.07) is 4.58. The van der Waals surface area contributed by atoms with Crippen LogP contribution < -0.4 is 4.90 Å². The van der Waals surface area contributed by atoms with Crippen LogP contribution in [0, 0.1) is 16.0 Å². The van der Waals surface area contributed by atoms with Crippen LogP contribution in [0.5, 0.6) is 0 Å². The molecule has 2 rings (SSSR count). The third-order valence-electron chi connectivity index (χ3n) is 3.72. The van der Waals surface area contributed by atoms with Crippen molar-refractivity contribution in [1.82, 2.24) is 0 Å². The van der Waals surface area contributed by atoms with E-state index in [2.05, 4.69) is 0 Å². The molecule has 1 fully saturated rings. The molecule has 102 valence electrons. The number of nitro groups is 1. The highest BCUT2D eigenvalue weighted by Gasteiger charge is 2.34. The third kappa shape index (κ3) is 2.52. The number of nitrogens with zero attached hydrogens (tertiary/aromatic N) is 2. The first kappa shape index (κ1) is 13.3. The number of carboxylic acids is 1. The highest BCUT2D eigenvalue weighted by molar-refractivity contribution is 5.95. The van der Waals surface area contributed by atoms with Crippen LogP contribution in [0.15, 0.2) is 18.2 Å². The molecular formula is C13H16N2O4. The van der Waals surface area contributed by atoms with Crippen molar-refractivity contribution in [2.24, 2.45) is 5.92 Å². The summed E-state index contributed by atoms with van der Waals surface area (Å²) in [6.45, 7) is 2.01. The fraction of sp³-hybridized carbons (Fsp3) is 0.462. The zero-order valence-corrected chi connectivity index (χ0v) is 10.9. The van der Waals surface area contributed by atoms with Crippen LogP contribution in [-0.2, 0) is 0 Å². The Kier molecular flexibility index (Phi) is 3.42. The van der Waals surface area contributed by atoms with E-state index in [-0.39, 0.29) is 17.3 Å². The van der Waals surface area contributed by atoms with Gasteiger partial charge in [0.05, 0.1) is 4.92 Å². The van der Waals surface area contributed by atoms with Gasteiger partial charge in [-0.15, -0.1) is 0 Å². The second-order valence-electron chi connectivity index (χ2n) is 4.92. The van der Waals surface area contributed by atoms with E-state index >= 15 is 0 Å². The van der Waals surface area contributed by atoms with Crippen LogP contribution in [0.3, 0.4) is 0 Å². The topological polar surface area (TPSA) is 83.7 Å². The minimum Gasteiger partial charge on any atom is -0.477 e. The van der Waals surface area contributed by atoms with Crippen LogP contribution in [0.25, 0.3) is 0 Å². The average molecular weight is 264 g/mol. The number of rotatable bonds is 5. The van der Waals surface area contributed by atoms with E-state index in [0.29, 0.717) is 11.6 Å². The van der Waals surface area contributed by atoms with Gasteiger partial charge in [0.2, 0.25) is 0 Å². The zero-order chi connectivity index (χ0) is 14.2. The molecule has 1 aromatic rings. The largest absolute Gasteiger partial charge is 0.477 e. The molecule has 0 aromatic heterocycles. The quantitative estimate of drug-likeness (QED) is 0.652. The molecule has 0 spiro atoms. The normalized spacial score (nSPS) is 15.9. The van der Waals surface area contributed by atoms with Gasteiger partial charge in [0.25, 0.3) is 0 Å².